The Kier molecular flexibility index (Phi) is 8.56. The van der Waals surface area contributed by atoms with Gasteiger partial charge in [0.2, 0.25) is 5.91 Å². The molecule has 0 unspecified atom stereocenters. The van der Waals surface area contributed by atoms with Crippen LogP contribution in [0.15, 0.2) is 82.6 Å². The first-order valence-electron chi connectivity index (χ1n) is 10.4. The summed E-state index contributed by atoms with van der Waals surface area (Å²) in [6, 6.07) is 17.4. The van der Waals surface area contributed by atoms with Crippen LogP contribution in [-0.2, 0) is 24.7 Å². The van der Waals surface area contributed by atoms with Crippen molar-refractivity contribution < 1.29 is 31.2 Å². The van der Waals surface area contributed by atoms with Crippen LogP contribution in [0.4, 0.5) is 5.69 Å². The average molecular weight is 552 g/mol. The van der Waals surface area contributed by atoms with E-state index < -0.39 is 43.8 Å². The van der Waals surface area contributed by atoms with Gasteiger partial charge >= 0.3 is 0 Å². The van der Waals surface area contributed by atoms with Crippen LogP contribution >= 0.6 is 11.6 Å². The molecule has 3 N–H and O–H groups in total. The number of anilines is 1. The van der Waals surface area contributed by atoms with Crippen molar-refractivity contribution in [2.45, 2.75) is 16.2 Å². The number of carbonyl (C=O) groups is 2. The van der Waals surface area contributed by atoms with Gasteiger partial charge in [-0.25, -0.2) is 16.8 Å². The molecule has 0 aliphatic rings. The number of halogens is 1. The van der Waals surface area contributed by atoms with Crippen molar-refractivity contribution in [1.29, 1.82) is 0 Å². The van der Waals surface area contributed by atoms with E-state index in [1.54, 1.807) is 24.3 Å². The lowest BCUT2D eigenvalue weighted by Gasteiger charge is -2.12. The number of hydrazine groups is 1. The molecule has 36 heavy (non-hydrogen) atoms. The number of para-hydroxylation sites is 2. The first-order chi connectivity index (χ1) is 17.0. The van der Waals surface area contributed by atoms with Crippen LogP contribution in [0.1, 0.15) is 16.8 Å². The summed E-state index contributed by atoms with van der Waals surface area (Å²) in [6.07, 6.45) is -0.439. The molecular formula is C23H22ClN3O7S2. The van der Waals surface area contributed by atoms with E-state index in [-0.39, 0.29) is 26.1 Å². The second kappa shape index (κ2) is 11.4. The second-order valence-electron chi connectivity index (χ2n) is 7.34. The lowest BCUT2D eigenvalue weighted by molar-refractivity contribution is -0.121. The highest BCUT2D eigenvalue weighted by Crippen LogP contribution is 2.26. The van der Waals surface area contributed by atoms with Crippen molar-refractivity contribution in [2.24, 2.45) is 0 Å². The Morgan fingerprint density at radius 1 is 0.889 bits per heavy atom. The summed E-state index contributed by atoms with van der Waals surface area (Å²) < 4.78 is 57.9. The summed E-state index contributed by atoms with van der Waals surface area (Å²) in [6.45, 7) is 0. The molecule has 0 heterocycles. The summed E-state index contributed by atoms with van der Waals surface area (Å²) in [5, 5.41) is 0.0428. The molecule has 0 spiro atoms. The Hall–Kier alpha value is -3.61. The first-order valence-corrected chi connectivity index (χ1v) is 13.9. The number of sulfonamides is 1. The monoisotopic (exact) mass is 551 g/mol. The fourth-order valence-electron chi connectivity index (χ4n) is 3.03. The number of sulfone groups is 1. The van der Waals surface area contributed by atoms with Crippen molar-refractivity contribution in [2.75, 3.05) is 17.6 Å². The third-order valence-corrected chi connectivity index (χ3v) is 8.42. The van der Waals surface area contributed by atoms with Gasteiger partial charge in [-0.2, -0.15) is 0 Å². The Balaban J connectivity index is 1.61. The predicted molar refractivity (Wildman–Crippen MR) is 134 cm³/mol. The summed E-state index contributed by atoms with van der Waals surface area (Å²) in [7, 11) is -6.48. The third-order valence-electron chi connectivity index (χ3n) is 4.84. The van der Waals surface area contributed by atoms with Gasteiger partial charge in [0.25, 0.3) is 15.9 Å². The number of methoxy groups -OCH3 is 1. The fraction of sp³-hybridized carbons (Fsp3) is 0.130. The molecule has 0 fully saturated rings. The molecule has 2 amide bonds. The Morgan fingerprint density at radius 2 is 1.58 bits per heavy atom. The highest BCUT2D eigenvalue weighted by Gasteiger charge is 2.21. The summed E-state index contributed by atoms with van der Waals surface area (Å²) in [4.78, 5) is 24.3. The van der Waals surface area contributed by atoms with Crippen molar-refractivity contribution in [3.63, 3.8) is 0 Å². The van der Waals surface area contributed by atoms with Crippen molar-refractivity contribution >= 4 is 49.0 Å². The minimum absolute atomic E-state index is 0.0428. The van der Waals surface area contributed by atoms with Crippen molar-refractivity contribution in [3.05, 3.63) is 83.4 Å². The smallest absolute Gasteiger partial charge is 0.269 e. The molecule has 0 aliphatic carbocycles. The largest absolute Gasteiger partial charge is 0.495 e. The van der Waals surface area contributed by atoms with Crippen LogP contribution in [0.3, 0.4) is 0 Å². The number of hydrogen-bond acceptors (Lipinski definition) is 7. The number of amides is 2. The molecule has 190 valence electrons. The summed E-state index contributed by atoms with van der Waals surface area (Å²) in [5.41, 5.74) is 4.42. The maximum absolute atomic E-state index is 12.8. The Bertz CT molecular complexity index is 1490. The van der Waals surface area contributed by atoms with Crippen LogP contribution in [0, 0.1) is 0 Å². The van der Waals surface area contributed by atoms with Crippen LogP contribution in [0.5, 0.6) is 5.75 Å². The second-order valence-corrected chi connectivity index (χ2v) is 11.5. The minimum atomic E-state index is -4.06. The SMILES string of the molecule is COc1ccccc1NS(=O)(=O)c1cccc(C(=O)NNC(=O)CCS(=O)(=O)c2ccccc2Cl)c1. The number of benzene rings is 3. The third kappa shape index (κ3) is 6.74. The molecule has 3 aromatic rings. The van der Waals surface area contributed by atoms with Crippen molar-refractivity contribution in [1.82, 2.24) is 10.9 Å². The zero-order chi connectivity index (χ0) is 26.3. The molecular weight excluding hydrogens is 530 g/mol. The molecule has 0 atom stereocenters. The molecule has 0 saturated carbocycles. The van der Waals surface area contributed by atoms with E-state index in [1.807, 2.05) is 0 Å². The van der Waals surface area contributed by atoms with E-state index in [2.05, 4.69) is 15.6 Å². The zero-order valence-electron chi connectivity index (χ0n) is 18.9. The van der Waals surface area contributed by atoms with Crippen LogP contribution in [0.25, 0.3) is 0 Å². The van der Waals surface area contributed by atoms with Gasteiger partial charge in [0.1, 0.15) is 5.75 Å². The van der Waals surface area contributed by atoms with Gasteiger partial charge < -0.3 is 4.74 Å². The van der Waals surface area contributed by atoms with Crippen LogP contribution < -0.4 is 20.3 Å². The molecule has 0 bridgehead atoms. The van der Waals surface area contributed by atoms with Gasteiger partial charge in [-0.1, -0.05) is 41.9 Å². The Labute approximate surface area is 213 Å². The highest BCUT2D eigenvalue weighted by molar-refractivity contribution is 7.92. The van der Waals surface area contributed by atoms with Crippen LogP contribution in [-0.4, -0.2) is 41.5 Å². The standard InChI is InChI=1S/C23H22ClN3O7S2/c1-34-20-11-4-3-10-19(20)27-36(32,33)17-8-6-7-16(15-17)23(29)26-25-22(28)13-14-35(30,31)21-12-5-2-9-18(21)24/h2-12,15,27H,13-14H2,1H3,(H,25,28)(H,26,29). The van der Waals surface area contributed by atoms with Gasteiger partial charge in [0, 0.05) is 12.0 Å². The number of rotatable bonds is 9. The van der Waals surface area contributed by atoms with E-state index >= 15 is 0 Å². The summed E-state index contributed by atoms with van der Waals surface area (Å²) >= 11 is 5.91. The molecule has 10 nitrogen and oxygen atoms in total. The van der Waals surface area contributed by atoms with Crippen LogP contribution in [0.2, 0.25) is 5.02 Å². The lowest BCUT2D eigenvalue weighted by Crippen LogP contribution is -2.42. The van der Waals surface area contributed by atoms with E-state index in [9.17, 15) is 26.4 Å². The maximum Gasteiger partial charge on any atom is 0.269 e. The molecule has 3 rings (SSSR count). The van der Waals surface area contributed by atoms with Gasteiger partial charge in [0.15, 0.2) is 9.84 Å². The van der Waals surface area contributed by atoms with Gasteiger partial charge in [-0.05, 0) is 42.5 Å². The number of carbonyl (C=O) groups excluding carboxylic acids is 2. The van der Waals surface area contributed by atoms with E-state index in [0.717, 1.165) is 6.07 Å². The lowest BCUT2D eigenvalue weighted by atomic mass is 10.2. The molecule has 0 aliphatic heterocycles. The molecule has 3 aromatic carbocycles. The van der Waals surface area contributed by atoms with Gasteiger partial charge in [0.05, 0.1) is 33.4 Å². The summed E-state index contributed by atoms with van der Waals surface area (Å²) in [5.74, 6) is -1.78. The van der Waals surface area contributed by atoms with Gasteiger partial charge in [-0.15, -0.1) is 0 Å². The normalized spacial score (nSPS) is 11.4. The zero-order valence-corrected chi connectivity index (χ0v) is 21.3. The predicted octanol–water partition coefficient (Wildman–Crippen LogP) is 2.77. The number of hydrogen-bond donors (Lipinski definition) is 3. The topological polar surface area (TPSA) is 148 Å². The first kappa shape index (κ1) is 27.0. The number of ether oxygens (including phenoxy) is 1. The number of nitrogens with one attached hydrogen (secondary N) is 3. The minimum Gasteiger partial charge on any atom is -0.495 e. The molecule has 0 radical (unpaired) electrons. The van der Waals surface area contributed by atoms with E-state index in [0.29, 0.717) is 5.75 Å². The van der Waals surface area contributed by atoms with Crippen molar-refractivity contribution in [3.8, 4) is 5.75 Å². The molecule has 0 saturated heterocycles. The maximum atomic E-state index is 12.8. The van der Waals surface area contributed by atoms with E-state index in [1.165, 1.54) is 49.6 Å². The molecule has 13 heteroatoms. The quantitative estimate of drug-likeness (QED) is 0.346. The highest BCUT2D eigenvalue weighted by atomic mass is 35.5. The average Bonchev–Trinajstić information content (AvgIpc) is 2.86. The van der Waals surface area contributed by atoms with E-state index in [4.69, 9.17) is 16.3 Å². The van der Waals surface area contributed by atoms with Gasteiger partial charge in [-0.3, -0.25) is 25.2 Å². The fourth-order valence-corrected chi connectivity index (χ4v) is 5.96. The Morgan fingerprint density at radius 3 is 2.31 bits per heavy atom. The molecule has 0 aromatic heterocycles.